The van der Waals surface area contributed by atoms with E-state index in [0.717, 1.165) is 0 Å². The first-order valence-electron chi connectivity index (χ1n) is 9.50. The maximum absolute atomic E-state index is 11.4. The van der Waals surface area contributed by atoms with Crippen LogP contribution in [0.3, 0.4) is 0 Å². The molecule has 2 N–H and O–H groups in total. The van der Waals surface area contributed by atoms with Gasteiger partial charge in [0.2, 0.25) is 0 Å². The van der Waals surface area contributed by atoms with Crippen molar-refractivity contribution >= 4 is 17.9 Å². The van der Waals surface area contributed by atoms with Crippen molar-refractivity contribution in [2.45, 2.75) is 25.7 Å². The standard InChI is InChI=1S/C18H32O11/c19-16(20)3-1-2-4-18(23)29-14-13-27-10-9-25-6-5-24-7-8-26-11-12-28-15-17(21)22/h1-15H2,(H,19,20)(H,21,22). The Balaban J connectivity index is 3.14. The van der Waals surface area contributed by atoms with Gasteiger partial charge in [-0.3, -0.25) is 9.59 Å². The van der Waals surface area contributed by atoms with Crippen molar-refractivity contribution in [3.8, 4) is 0 Å². The van der Waals surface area contributed by atoms with Crippen LogP contribution in [0.25, 0.3) is 0 Å². The first kappa shape index (κ1) is 27.2. The molecule has 11 heteroatoms. The van der Waals surface area contributed by atoms with Gasteiger partial charge in [0.15, 0.2) is 0 Å². The van der Waals surface area contributed by atoms with Gasteiger partial charge in [-0.1, -0.05) is 0 Å². The highest BCUT2D eigenvalue weighted by Gasteiger charge is 2.04. The molecule has 29 heavy (non-hydrogen) atoms. The Morgan fingerprint density at radius 1 is 0.517 bits per heavy atom. The summed E-state index contributed by atoms with van der Waals surface area (Å²) in [7, 11) is 0. The number of carbonyl (C=O) groups is 3. The van der Waals surface area contributed by atoms with Crippen molar-refractivity contribution in [3.05, 3.63) is 0 Å². The molecule has 0 aromatic carbocycles. The Bertz CT molecular complexity index is 428. The Labute approximate surface area is 170 Å². The summed E-state index contributed by atoms with van der Waals surface area (Å²) in [6.45, 7) is 3.01. The zero-order chi connectivity index (χ0) is 21.6. The van der Waals surface area contributed by atoms with Crippen molar-refractivity contribution in [3.63, 3.8) is 0 Å². The molecule has 0 rings (SSSR count). The van der Waals surface area contributed by atoms with Gasteiger partial charge >= 0.3 is 17.9 Å². The number of carbonyl (C=O) groups excluding carboxylic acids is 1. The number of hydrogen-bond donors (Lipinski definition) is 2. The molecule has 0 saturated carbocycles. The second kappa shape index (κ2) is 20.9. The molecule has 0 saturated heterocycles. The maximum Gasteiger partial charge on any atom is 0.329 e. The van der Waals surface area contributed by atoms with Gasteiger partial charge in [0.25, 0.3) is 0 Å². The van der Waals surface area contributed by atoms with Crippen LogP contribution in [0.15, 0.2) is 0 Å². The predicted octanol–water partition coefficient (Wildman–Crippen LogP) is 0.342. The fraction of sp³-hybridized carbons (Fsp3) is 0.833. The van der Waals surface area contributed by atoms with Crippen LogP contribution in [0.1, 0.15) is 25.7 Å². The van der Waals surface area contributed by atoms with Crippen molar-refractivity contribution in [1.29, 1.82) is 0 Å². The highest BCUT2D eigenvalue weighted by atomic mass is 16.6. The molecule has 0 heterocycles. The number of rotatable bonds is 22. The lowest BCUT2D eigenvalue weighted by Crippen LogP contribution is -2.15. The summed E-state index contributed by atoms with van der Waals surface area (Å²) in [6.07, 6.45) is 1.22. The van der Waals surface area contributed by atoms with E-state index in [1.807, 2.05) is 0 Å². The second-order valence-electron chi connectivity index (χ2n) is 5.72. The Morgan fingerprint density at radius 2 is 0.931 bits per heavy atom. The molecular weight excluding hydrogens is 392 g/mol. The molecular formula is C18H32O11. The van der Waals surface area contributed by atoms with Crippen LogP contribution in [0.2, 0.25) is 0 Å². The minimum atomic E-state index is -1.01. The fourth-order valence-electron chi connectivity index (χ4n) is 1.87. The van der Waals surface area contributed by atoms with Gasteiger partial charge in [0, 0.05) is 12.8 Å². The lowest BCUT2D eigenvalue weighted by molar-refractivity contribution is -0.146. The SMILES string of the molecule is O=C(O)CCCCC(=O)OCCOCCOCCOCCOCCOCC(=O)O. The molecule has 0 aliphatic heterocycles. The van der Waals surface area contributed by atoms with Crippen LogP contribution in [0.5, 0.6) is 0 Å². The minimum Gasteiger partial charge on any atom is -0.481 e. The Hall–Kier alpha value is -1.79. The van der Waals surface area contributed by atoms with E-state index in [2.05, 4.69) is 0 Å². The highest BCUT2D eigenvalue weighted by Crippen LogP contribution is 2.01. The third-order valence-corrected chi connectivity index (χ3v) is 3.23. The summed E-state index contributed by atoms with van der Waals surface area (Å²) in [4.78, 5) is 31.9. The lowest BCUT2D eigenvalue weighted by Gasteiger charge is -2.08. The average Bonchev–Trinajstić information content (AvgIpc) is 2.67. The predicted molar refractivity (Wildman–Crippen MR) is 98.8 cm³/mol. The average molecular weight is 424 g/mol. The molecule has 170 valence electrons. The Morgan fingerprint density at radius 3 is 1.38 bits per heavy atom. The van der Waals surface area contributed by atoms with Crippen molar-refractivity contribution in [2.24, 2.45) is 0 Å². The van der Waals surface area contributed by atoms with E-state index in [1.165, 1.54) is 0 Å². The summed E-state index contributed by atoms with van der Waals surface area (Å²) in [6, 6.07) is 0. The van der Waals surface area contributed by atoms with Crippen LogP contribution >= 0.6 is 0 Å². The first-order chi connectivity index (χ1) is 14.0. The largest absolute Gasteiger partial charge is 0.481 e. The summed E-state index contributed by atoms with van der Waals surface area (Å²) in [5, 5.41) is 16.8. The first-order valence-corrected chi connectivity index (χ1v) is 9.50. The summed E-state index contributed by atoms with van der Waals surface area (Å²) >= 11 is 0. The van der Waals surface area contributed by atoms with E-state index in [0.29, 0.717) is 59.1 Å². The van der Waals surface area contributed by atoms with E-state index in [1.54, 1.807) is 0 Å². The van der Waals surface area contributed by atoms with Crippen LogP contribution in [-0.2, 0) is 42.8 Å². The number of aliphatic carboxylic acids is 2. The molecule has 11 nitrogen and oxygen atoms in total. The monoisotopic (exact) mass is 424 g/mol. The molecule has 0 aliphatic carbocycles. The zero-order valence-electron chi connectivity index (χ0n) is 16.7. The lowest BCUT2D eigenvalue weighted by atomic mass is 10.2. The Kier molecular flexibility index (Phi) is 19.6. The van der Waals surface area contributed by atoms with Crippen molar-refractivity contribution in [2.75, 3.05) is 72.7 Å². The molecule has 0 spiro atoms. The molecule has 0 aromatic heterocycles. The van der Waals surface area contributed by atoms with Crippen LogP contribution in [-0.4, -0.2) is 101 Å². The highest BCUT2D eigenvalue weighted by molar-refractivity contribution is 5.69. The van der Waals surface area contributed by atoms with Crippen LogP contribution < -0.4 is 0 Å². The van der Waals surface area contributed by atoms with Crippen molar-refractivity contribution < 1.29 is 53.0 Å². The number of carboxylic acid groups (broad SMARTS) is 2. The molecule has 0 radical (unpaired) electrons. The smallest absolute Gasteiger partial charge is 0.329 e. The zero-order valence-corrected chi connectivity index (χ0v) is 16.7. The van der Waals surface area contributed by atoms with Gasteiger partial charge in [-0.25, -0.2) is 4.79 Å². The van der Waals surface area contributed by atoms with Crippen LogP contribution in [0, 0.1) is 0 Å². The quantitative estimate of drug-likeness (QED) is 0.183. The van der Waals surface area contributed by atoms with Gasteiger partial charge in [-0.2, -0.15) is 0 Å². The molecule has 0 bridgehead atoms. The number of esters is 1. The molecule has 0 amide bonds. The molecule has 0 fully saturated rings. The molecule has 0 aromatic rings. The topological polar surface area (TPSA) is 147 Å². The second-order valence-corrected chi connectivity index (χ2v) is 5.72. The number of carboxylic acids is 2. The fourth-order valence-corrected chi connectivity index (χ4v) is 1.87. The number of ether oxygens (including phenoxy) is 6. The number of hydrogen-bond acceptors (Lipinski definition) is 9. The van der Waals surface area contributed by atoms with Crippen LogP contribution in [0.4, 0.5) is 0 Å². The van der Waals surface area contributed by atoms with E-state index in [-0.39, 0.29) is 45.2 Å². The third-order valence-electron chi connectivity index (χ3n) is 3.23. The van der Waals surface area contributed by atoms with E-state index >= 15 is 0 Å². The van der Waals surface area contributed by atoms with E-state index < -0.39 is 11.9 Å². The minimum absolute atomic E-state index is 0.0564. The van der Waals surface area contributed by atoms with Gasteiger partial charge in [0.05, 0.1) is 59.5 Å². The normalized spacial score (nSPS) is 10.8. The number of unbranched alkanes of at least 4 members (excludes halogenated alkanes) is 1. The van der Waals surface area contributed by atoms with Gasteiger partial charge in [-0.05, 0) is 12.8 Å². The maximum atomic E-state index is 11.4. The van der Waals surface area contributed by atoms with Gasteiger partial charge in [-0.15, -0.1) is 0 Å². The third kappa shape index (κ3) is 24.2. The molecule has 0 aliphatic rings. The van der Waals surface area contributed by atoms with Gasteiger partial charge < -0.3 is 38.6 Å². The summed E-state index contributed by atoms with van der Waals surface area (Å²) in [5.74, 6) is -2.24. The molecule has 0 atom stereocenters. The van der Waals surface area contributed by atoms with Gasteiger partial charge in [0.1, 0.15) is 13.2 Å². The summed E-state index contributed by atoms with van der Waals surface area (Å²) in [5.41, 5.74) is 0. The van der Waals surface area contributed by atoms with Crippen molar-refractivity contribution in [1.82, 2.24) is 0 Å². The van der Waals surface area contributed by atoms with E-state index in [4.69, 9.17) is 38.6 Å². The van der Waals surface area contributed by atoms with E-state index in [9.17, 15) is 14.4 Å². The molecule has 0 unspecified atom stereocenters. The summed E-state index contributed by atoms with van der Waals surface area (Å²) < 4.78 is 30.8.